The standard InChI is InChI=1S/C13H17FN2O3/c14-11-3-1-2-4-12(11)15-13(18)8-16-5-6-19-10(7-16)9-17/h1-4,10,17H,5-9H2,(H,15,18). The van der Waals surface area contributed by atoms with Gasteiger partial charge in [-0.2, -0.15) is 0 Å². The van der Waals surface area contributed by atoms with E-state index in [2.05, 4.69) is 5.32 Å². The van der Waals surface area contributed by atoms with Crippen molar-refractivity contribution >= 4 is 11.6 Å². The predicted octanol–water partition coefficient (Wildman–Crippen LogP) is 0.457. The molecule has 0 aliphatic carbocycles. The fourth-order valence-corrected chi connectivity index (χ4v) is 1.99. The summed E-state index contributed by atoms with van der Waals surface area (Å²) in [5.74, 6) is -0.727. The lowest BCUT2D eigenvalue weighted by Gasteiger charge is -2.31. The van der Waals surface area contributed by atoms with E-state index in [1.165, 1.54) is 12.1 Å². The average Bonchev–Trinajstić information content (AvgIpc) is 2.41. The lowest BCUT2D eigenvalue weighted by molar-refractivity contribution is -0.120. The predicted molar refractivity (Wildman–Crippen MR) is 68.3 cm³/mol. The van der Waals surface area contributed by atoms with E-state index in [0.29, 0.717) is 19.7 Å². The molecule has 1 fully saturated rings. The molecular formula is C13H17FN2O3. The van der Waals surface area contributed by atoms with Crippen LogP contribution in [0.5, 0.6) is 0 Å². The molecule has 0 spiro atoms. The van der Waals surface area contributed by atoms with Gasteiger partial charge in [-0.3, -0.25) is 9.69 Å². The highest BCUT2D eigenvalue weighted by atomic mass is 19.1. The molecular weight excluding hydrogens is 251 g/mol. The van der Waals surface area contributed by atoms with Crippen LogP contribution in [0.3, 0.4) is 0 Å². The number of ether oxygens (including phenoxy) is 1. The molecule has 1 aromatic carbocycles. The van der Waals surface area contributed by atoms with Gasteiger partial charge in [-0.25, -0.2) is 4.39 Å². The highest BCUT2D eigenvalue weighted by molar-refractivity contribution is 5.92. The van der Waals surface area contributed by atoms with Crippen molar-refractivity contribution in [3.05, 3.63) is 30.1 Å². The molecule has 0 saturated carbocycles. The van der Waals surface area contributed by atoms with Crippen LogP contribution in [0.15, 0.2) is 24.3 Å². The van der Waals surface area contributed by atoms with Gasteiger partial charge in [0.2, 0.25) is 5.91 Å². The van der Waals surface area contributed by atoms with Gasteiger partial charge in [0.25, 0.3) is 0 Å². The van der Waals surface area contributed by atoms with Crippen LogP contribution >= 0.6 is 0 Å². The number of nitrogens with zero attached hydrogens (tertiary/aromatic N) is 1. The summed E-state index contributed by atoms with van der Waals surface area (Å²) in [6.45, 7) is 1.71. The van der Waals surface area contributed by atoms with E-state index >= 15 is 0 Å². The average molecular weight is 268 g/mol. The first-order chi connectivity index (χ1) is 9.19. The van der Waals surface area contributed by atoms with Gasteiger partial charge < -0.3 is 15.2 Å². The number of aliphatic hydroxyl groups is 1. The molecule has 0 radical (unpaired) electrons. The number of para-hydroxylation sites is 1. The Labute approximate surface area is 111 Å². The maximum absolute atomic E-state index is 13.4. The molecule has 1 aliphatic rings. The van der Waals surface area contributed by atoms with Crippen LogP contribution in [-0.2, 0) is 9.53 Å². The summed E-state index contributed by atoms with van der Waals surface area (Å²) in [6.07, 6.45) is -0.255. The largest absolute Gasteiger partial charge is 0.394 e. The topological polar surface area (TPSA) is 61.8 Å². The number of rotatable bonds is 4. The lowest BCUT2D eigenvalue weighted by atomic mass is 10.2. The van der Waals surface area contributed by atoms with Crippen LogP contribution in [0, 0.1) is 5.82 Å². The number of nitrogens with one attached hydrogen (secondary N) is 1. The van der Waals surface area contributed by atoms with Gasteiger partial charge >= 0.3 is 0 Å². The zero-order valence-corrected chi connectivity index (χ0v) is 10.5. The molecule has 2 rings (SSSR count). The molecule has 1 aliphatic heterocycles. The van der Waals surface area contributed by atoms with Crippen molar-refractivity contribution in [3.8, 4) is 0 Å². The van der Waals surface area contributed by atoms with Crippen LogP contribution in [0.25, 0.3) is 0 Å². The van der Waals surface area contributed by atoms with Crippen LogP contribution in [0.1, 0.15) is 0 Å². The lowest BCUT2D eigenvalue weighted by Crippen LogP contribution is -2.46. The highest BCUT2D eigenvalue weighted by Crippen LogP contribution is 2.12. The molecule has 6 heteroatoms. The molecule has 1 heterocycles. The van der Waals surface area contributed by atoms with Gasteiger partial charge in [0, 0.05) is 13.1 Å². The first-order valence-electron chi connectivity index (χ1n) is 6.18. The van der Waals surface area contributed by atoms with Gasteiger partial charge in [-0.1, -0.05) is 12.1 Å². The van der Waals surface area contributed by atoms with Crippen molar-refractivity contribution in [1.29, 1.82) is 0 Å². The van der Waals surface area contributed by atoms with Gasteiger partial charge in [0.1, 0.15) is 5.82 Å². The molecule has 1 amide bonds. The summed E-state index contributed by atoms with van der Waals surface area (Å²) < 4.78 is 18.7. The number of hydrogen-bond acceptors (Lipinski definition) is 4. The van der Waals surface area contributed by atoms with Gasteiger partial charge in [0.15, 0.2) is 0 Å². The Bertz CT molecular complexity index is 442. The van der Waals surface area contributed by atoms with E-state index in [9.17, 15) is 9.18 Å². The minimum Gasteiger partial charge on any atom is -0.394 e. The van der Waals surface area contributed by atoms with Crippen LogP contribution < -0.4 is 5.32 Å². The normalized spacial score (nSPS) is 20.2. The summed E-state index contributed by atoms with van der Waals surface area (Å²) in [7, 11) is 0. The number of hydrogen-bond donors (Lipinski definition) is 2. The van der Waals surface area contributed by atoms with E-state index in [1.807, 2.05) is 4.90 Å². The molecule has 1 aromatic rings. The molecule has 0 aromatic heterocycles. The molecule has 1 saturated heterocycles. The Morgan fingerprint density at radius 2 is 2.32 bits per heavy atom. The number of anilines is 1. The number of carbonyl (C=O) groups excluding carboxylic acids is 1. The second kappa shape index (κ2) is 6.60. The maximum Gasteiger partial charge on any atom is 0.238 e. The zero-order valence-electron chi connectivity index (χ0n) is 10.5. The summed E-state index contributed by atoms with van der Waals surface area (Å²) in [6, 6.07) is 6.04. The summed E-state index contributed by atoms with van der Waals surface area (Å²) in [5.41, 5.74) is 0.180. The number of morpholine rings is 1. The van der Waals surface area contributed by atoms with Crippen LogP contribution in [0.4, 0.5) is 10.1 Å². The third-order valence-corrected chi connectivity index (χ3v) is 2.94. The number of halogens is 1. The Morgan fingerprint density at radius 1 is 1.53 bits per heavy atom. The minimum absolute atomic E-state index is 0.0641. The smallest absolute Gasteiger partial charge is 0.238 e. The van der Waals surface area contributed by atoms with E-state index in [1.54, 1.807) is 12.1 Å². The van der Waals surface area contributed by atoms with Crippen molar-refractivity contribution in [1.82, 2.24) is 4.90 Å². The van der Waals surface area contributed by atoms with Crippen molar-refractivity contribution in [3.63, 3.8) is 0 Å². The summed E-state index contributed by atoms with van der Waals surface area (Å²) in [4.78, 5) is 13.7. The van der Waals surface area contributed by atoms with E-state index < -0.39 is 5.82 Å². The third-order valence-electron chi connectivity index (χ3n) is 2.94. The number of carbonyl (C=O) groups is 1. The molecule has 1 atom stereocenters. The fraction of sp³-hybridized carbons (Fsp3) is 0.462. The number of benzene rings is 1. The molecule has 104 valence electrons. The third kappa shape index (κ3) is 3.99. The first kappa shape index (κ1) is 13.9. The Hall–Kier alpha value is -1.50. The molecule has 2 N–H and O–H groups in total. The molecule has 19 heavy (non-hydrogen) atoms. The van der Waals surface area contributed by atoms with Gasteiger partial charge in [0.05, 0.1) is 31.5 Å². The minimum atomic E-state index is -0.453. The van der Waals surface area contributed by atoms with Crippen LogP contribution in [-0.4, -0.2) is 54.9 Å². The van der Waals surface area contributed by atoms with Crippen molar-refractivity contribution in [2.75, 3.05) is 38.2 Å². The second-order valence-corrected chi connectivity index (χ2v) is 4.44. The second-order valence-electron chi connectivity index (χ2n) is 4.44. The quantitative estimate of drug-likeness (QED) is 0.832. The monoisotopic (exact) mass is 268 g/mol. The summed E-state index contributed by atoms with van der Waals surface area (Å²) >= 11 is 0. The van der Waals surface area contributed by atoms with Gasteiger partial charge in [-0.05, 0) is 12.1 Å². The molecule has 0 bridgehead atoms. The molecule has 5 nitrogen and oxygen atoms in total. The molecule has 1 unspecified atom stereocenters. The van der Waals surface area contributed by atoms with Crippen LogP contribution in [0.2, 0.25) is 0 Å². The highest BCUT2D eigenvalue weighted by Gasteiger charge is 2.21. The Kier molecular flexibility index (Phi) is 4.84. The SMILES string of the molecule is O=C(CN1CCOC(CO)C1)Nc1ccccc1F. The first-order valence-corrected chi connectivity index (χ1v) is 6.18. The van der Waals surface area contributed by atoms with E-state index in [0.717, 1.165) is 0 Å². The Morgan fingerprint density at radius 3 is 3.05 bits per heavy atom. The van der Waals surface area contributed by atoms with Crippen molar-refractivity contribution in [2.24, 2.45) is 0 Å². The van der Waals surface area contributed by atoms with E-state index in [4.69, 9.17) is 9.84 Å². The summed E-state index contributed by atoms with van der Waals surface area (Å²) in [5, 5.41) is 11.5. The fourth-order valence-electron chi connectivity index (χ4n) is 1.99. The number of amides is 1. The maximum atomic E-state index is 13.4. The Balaban J connectivity index is 1.86. The van der Waals surface area contributed by atoms with Crippen molar-refractivity contribution < 1.29 is 19.0 Å². The van der Waals surface area contributed by atoms with Crippen molar-refractivity contribution in [2.45, 2.75) is 6.10 Å². The number of aliphatic hydroxyl groups excluding tert-OH is 1. The van der Waals surface area contributed by atoms with E-state index in [-0.39, 0.29) is 30.9 Å². The van der Waals surface area contributed by atoms with Gasteiger partial charge in [-0.15, -0.1) is 0 Å². The zero-order chi connectivity index (χ0) is 13.7.